The van der Waals surface area contributed by atoms with Crippen LogP contribution < -0.4 is 16.2 Å². The number of carbonyl (C=O) groups excluding carboxylic acids is 2. The molecule has 2 aromatic heterocycles. The molecule has 0 spiro atoms. The number of aromatic nitrogens is 1. The Morgan fingerprint density at radius 2 is 1.76 bits per heavy atom. The highest BCUT2D eigenvalue weighted by molar-refractivity contribution is 6.31. The third-order valence-corrected chi connectivity index (χ3v) is 7.58. The number of hydrazine groups is 1. The Morgan fingerprint density at radius 3 is 2.50 bits per heavy atom. The van der Waals surface area contributed by atoms with Gasteiger partial charge in [0.2, 0.25) is 5.43 Å². The summed E-state index contributed by atoms with van der Waals surface area (Å²) in [4.78, 5) is 38.9. The van der Waals surface area contributed by atoms with Crippen LogP contribution in [-0.4, -0.2) is 40.5 Å². The summed E-state index contributed by atoms with van der Waals surface area (Å²) in [5.41, 5.74) is 3.31. The van der Waals surface area contributed by atoms with E-state index in [1.54, 1.807) is 35.5 Å². The van der Waals surface area contributed by atoms with Crippen molar-refractivity contribution in [1.29, 1.82) is 0 Å². The molecular weight excluding hydrogens is 534 g/mol. The van der Waals surface area contributed by atoms with Crippen LogP contribution in [0.15, 0.2) is 51.8 Å². The molecule has 2 N–H and O–H groups in total. The molecule has 2 fully saturated rings. The minimum Gasteiger partial charge on any atom is -0.451 e. The normalized spacial score (nSPS) is 16.7. The van der Waals surface area contributed by atoms with Crippen molar-refractivity contribution >= 4 is 56.9 Å². The molecule has 6 rings (SSSR count). The minimum atomic E-state index is -0.702. The average molecular weight is 557 g/mol. The monoisotopic (exact) mass is 556 g/mol. The van der Waals surface area contributed by atoms with E-state index in [4.69, 9.17) is 27.6 Å². The number of carbonyl (C=O) groups is 2. The number of fused-ring (bicyclic) bond motifs is 2. The van der Waals surface area contributed by atoms with Crippen LogP contribution in [0.4, 0.5) is 4.39 Å². The Balaban J connectivity index is 1.12. The van der Waals surface area contributed by atoms with Crippen molar-refractivity contribution in [2.24, 2.45) is 0 Å². The number of piperidine rings is 1. The molecule has 1 saturated carbocycles. The molecule has 11 heteroatoms. The molecule has 2 aliphatic rings. The number of pyridine rings is 1. The fraction of sp³-hybridized carbons (Fsp3) is 0.296. The first-order chi connectivity index (χ1) is 18.3. The van der Waals surface area contributed by atoms with Gasteiger partial charge < -0.3 is 14.3 Å². The number of hydrogen-bond donors (Lipinski definition) is 2. The van der Waals surface area contributed by atoms with Crippen LogP contribution in [0.2, 0.25) is 10.0 Å². The van der Waals surface area contributed by atoms with Gasteiger partial charge in [-0.2, -0.15) is 0 Å². The standard InChI is InChI=1S/C27H23Cl2FN4O4/c28-15-1-4-23-14(9-15)10-24(38-23)27(37)31-16-5-7-33(8-6-16)32-26(36)19-13-34(17-2-3-17)22-12-20(29)21(30)11-18(22)25(19)35/h1,4,9-13,16-17H,2-3,5-8H2,(H,31,37)(H,32,36). The zero-order valence-corrected chi connectivity index (χ0v) is 21.6. The average Bonchev–Trinajstić information content (AvgIpc) is 3.64. The summed E-state index contributed by atoms with van der Waals surface area (Å²) in [7, 11) is 0. The highest BCUT2D eigenvalue weighted by atomic mass is 35.5. The SMILES string of the molecule is O=C(NC1CCN(NC(=O)c2cn(C3CC3)c3cc(Cl)c(F)cc3c2=O)CC1)c1cc2cc(Cl)ccc2o1. The summed E-state index contributed by atoms with van der Waals surface area (Å²) in [6.07, 6.45) is 4.54. The first-order valence-corrected chi connectivity index (χ1v) is 13.1. The number of nitrogens with one attached hydrogen (secondary N) is 2. The lowest BCUT2D eigenvalue weighted by molar-refractivity contribution is 0.0696. The van der Waals surface area contributed by atoms with Crippen molar-refractivity contribution in [1.82, 2.24) is 20.3 Å². The Hall–Kier alpha value is -3.40. The smallest absolute Gasteiger partial charge is 0.287 e. The van der Waals surface area contributed by atoms with Gasteiger partial charge in [0, 0.05) is 47.2 Å². The van der Waals surface area contributed by atoms with E-state index in [1.807, 2.05) is 4.57 Å². The molecular formula is C27H23Cl2FN4O4. The Morgan fingerprint density at radius 1 is 1.00 bits per heavy atom. The Labute approximate surface area is 226 Å². The van der Waals surface area contributed by atoms with Gasteiger partial charge >= 0.3 is 0 Å². The molecule has 38 heavy (non-hydrogen) atoms. The fourth-order valence-corrected chi connectivity index (χ4v) is 5.22. The zero-order valence-electron chi connectivity index (χ0n) is 20.1. The van der Waals surface area contributed by atoms with Crippen LogP contribution in [-0.2, 0) is 0 Å². The van der Waals surface area contributed by atoms with Gasteiger partial charge in [-0.15, -0.1) is 0 Å². The van der Waals surface area contributed by atoms with Crippen LogP contribution in [0.25, 0.3) is 21.9 Å². The van der Waals surface area contributed by atoms with E-state index in [0.29, 0.717) is 42.1 Å². The predicted octanol–water partition coefficient (Wildman–Crippen LogP) is 5.07. The summed E-state index contributed by atoms with van der Waals surface area (Å²) in [6.45, 7) is 0.947. The third kappa shape index (κ3) is 4.77. The van der Waals surface area contributed by atoms with Gasteiger partial charge in [-0.3, -0.25) is 19.8 Å². The van der Waals surface area contributed by atoms with E-state index in [0.717, 1.165) is 24.3 Å². The maximum absolute atomic E-state index is 14.2. The van der Waals surface area contributed by atoms with Crippen molar-refractivity contribution in [3.63, 3.8) is 0 Å². The van der Waals surface area contributed by atoms with Gasteiger partial charge in [0.15, 0.2) is 5.76 Å². The van der Waals surface area contributed by atoms with E-state index in [-0.39, 0.29) is 39.7 Å². The molecule has 0 unspecified atom stereocenters. The Kier molecular flexibility index (Phi) is 6.37. The van der Waals surface area contributed by atoms with Crippen molar-refractivity contribution < 1.29 is 18.4 Å². The molecule has 0 bridgehead atoms. The molecule has 8 nitrogen and oxygen atoms in total. The molecule has 1 saturated heterocycles. The maximum Gasteiger partial charge on any atom is 0.287 e. The van der Waals surface area contributed by atoms with Gasteiger partial charge in [-0.05, 0) is 62.1 Å². The van der Waals surface area contributed by atoms with Crippen LogP contribution in [0.3, 0.4) is 0 Å². The number of hydrogen-bond acceptors (Lipinski definition) is 5. The zero-order chi connectivity index (χ0) is 26.6. The van der Waals surface area contributed by atoms with Gasteiger partial charge in [0.25, 0.3) is 11.8 Å². The number of furan rings is 1. The second-order valence-corrected chi connectivity index (χ2v) is 10.6. The minimum absolute atomic E-state index is 0.0495. The summed E-state index contributed by atoms with van der Waals surface area (Å²) in [5, 5.41) is 6.07. The van der Waals surface area contributed by atoms with E-state index < -0.39 is 17.2 Å². The second-order valence-electron chi connectivity index (χ2n) is 9.76. The van der Waals surface area contributed by atoms with Crippen molar-refractivity contribution in [3.8, 4) is 0 Å². The molecule has 2 amide bonds. The van der Waals surface area contributed by atoms with Crippen LogP contribution in [0.1, 0.15) is 52.6 Å². The van der Waals surface area contributed by atoms with Crippen molar-refractivity contribution in [2.45, 2.75) is 37.8 Å². The number of nitrogens with zero attached hydrogens (tertiary/aromatic N) is 2. The van der Waals surface area contributed by atoms with Crippen LogP contribution >= 0.6 is 23.2 Å². The number of rotatable bonds is 5. The molecule has 3 heterocycles. The van der Waals surface area contributed by atoms with Gasteiger partial charge in [0.05, 0.1) is 10.5 Å². The first kappa shape index (κ1) is 24.9. The summed E-state index contributed by atoms with van der Waals surface area (Å²) in [5.74, 6) is -1.36. The van der Waals surface area contributed by atoms with Gasteiger partial charge in [-0.25, -0.2) is 9.40 Å². The molecule has 0 atom stereocenters. The van der Waals surface area contributed by atoms with Crippen LogP contribution in [0.5, 0.6) is 0 Å². The highest BCUT2D eigenvalue weighted by Gasteiger charge is 2.29. The summed E-state index contributed by atoms with van der Waals surface area (Å²) >= 11 is 12.0. The Bertz CT molecular complexity index is 1650. The summed E-state index contributed by atoms with van der Waals surface area (Å²) < 4.78 is 21.6. The van der Waals surface area contributed by atoms with E-state index in [9.17, 15) is 18.8 Å². The van der Waals surface area contributed by atoms with Gasteiger partial charge in [0.1, 0.15) is 17.0 Å². The first-order valence-electron chi connectivity index (χ1n) is 12.4. The largest absolute Gasteiger partial charge is 0.451 e. The number of amides is 2. The number of halogens is 3. The molecule has 1 aliphatic heterocycles. The molecule has 1 aliphatic carbocycles. The van der Waals surface area contributed by atoms with Gasteiger partial charge in [-0.1, -0.05) is 23.2 Å². The van der Waals surface area contributed by atoms with E-state index in [1.165, 1.54) is 6.07 Å². The van der Waals surface area contributed by atoms with Crippen molar-refractivity contribution in [3.05, 3.63) is 80.0 Å². The summed E-state index contributed by atoms with van der Waals surface area (Å²) in [6, 6.07) is 9.39. The third-order valence-electron chi connectivity index (χ3n) is 7.05. The molecule has 2 aromatic carbocycles. The van der Waals surface area contributed by atoms with E-state index in [2.05, 4.69) is 10.7 Å². The number of benzene rings is 2. The lowest BCUT2D eigenvalue weighted by atomic mass is 10.1. The lowest BCUT2D eigenvalue weighted by Crippen LogP contribution is -2.51. The highest BCUT2D eigenvalue weighted by Crippen LogP contribution is 2.37. The molecule has 196 valence electrons. The molecule has 0 radical (unpaired) electrons. The lowest BCUT2D eigenvalue weighted by Gasteiger charge is -2.32. The fourth-order valence-electron chi connectivity index (χ4n) is 4.88. The van der Waals surface area contributed by atoms with Crippen molar-refractivity contribution in [2.75, 3.05) is 13.1 Å². The predicted molar refractivity (Wildman–Crippen MR) is 142 cm³/mol. The van der Waals surface area contributed by atoms with E-state index >= 15 is 0 Å². The van der Waals surface area contributed by atoms with Crippen LogP contribution in [0, 0.1) is 5.82 Å². The topological polar surface area (TPSA) is 96.6 Å². The maximum atomic E-state index is 14.2. The second kappa shape index (κ2) is 9.72. The quantitative estimate of drug-likeness (QED) is 0.358. The molecule has 4 aromatic rings.